The maximum atomic E-state index is 12.0. The van der Waals surface area contributed by atoms with Gasteiger partial charge in [-0.25, -0.2) is 4.79 Å². The molecule has 8 heteroatoms. The summed E-state index contributed by atoms with van der Waals surface area (Å²) in [5.41, 5.74) is 0. The van der Waals surface area contributed by atoms with Crippen molar-refractivity contribution in [3.63, 3.8) is 0 Å². The molecule has 0 aromatic rings. The Bertz CT molecular complexity index is 546. The minimum absolute atomic E-state index is 0.0438. The Kier molecular flexibility index (Phi) is 12.0. The van der Waals surface area contributed by atoms with E-state index in [0.717, 1.165) is 57.2 Å². The van der Waals surface area contributed by atoms with Crippen LogP contribution in [0.25, 0.3) is 0 Å². The molecule has 1 unspecified atom stereocenters. The first kappa shape index (κ1) is 24.8. The molecule has 2 saturated heterocycles. The van der Waals surface area contributed by atoms with Crippen LogP contribution in [0.2, 0.25) is 0 Å². The van der Waals surface area contributed by atoms with Gasteiger partial charge in [0, 0.05) is 36.9 Å². The number of thioether (sulfide) groups is 1. The van der Waals surface area contributed by atoms with E-state index >= 15 is 0 Å². The molecule has 30 heavy (non-hydrogen) atoms. The van der Waals surface area contributed by atoms with Crippen molar-refractivity contribution in [1.82, 2.24) is 21.3 Å². The van der Waals surface area contributed by atoms with Gasteiger partial charge in [-0.3, -0.25) is 9.59 Å². The fraction of sp³-hybridized carbons (Fsp3) is 0.864. The Labute approximate surface area is 185 Å². The van der Waals surface area contributed by atoms with Gasteiger partial charge in [-0.05, 0) is 32.1 Å². The van der Waals surface area contributed by atoms with Gasteiger partial charge < -0.3 is 21.3 Å². The van der Waals surface area contributed by atoms with E-state index in [-0.39, 0.29) is 29.9 Å². The first-order chi connectivity index (χ1) is 14.6. The van der Waals surface area contributed by atoms with Crippen LogP contribution in [0.1, 0.15) is 84.0 Å². The van der Waals surface area contributed by atoms with Crippen LogP contribution in [0, 0.1) is 0 Å². The van der Waals surface area contributed by atoms with Crippen LogP contribution >= 0.6 is 11.8 Å². The zero-order valence-corrected chi connectivity index (χ0v) is 19.3. The third-order valence-electron chi connectivity index (χ3n) is 5.84. The van der Waals surface area contributed by atoms with Gasteiger partial charge in [0.15, 0.2) is 0 Å². The highest BCUT2D eigenvalue weighted by atomic mass is 32.2. The topological polar surface area (TPSA) is 99.3 Å². The van der Waals surface area contributed by atoms with Gasteiger partial charge in [0.05, 0.1) is 12.1 Å². The predicted octanol–water partition coefficient (Wildman–Crippen LogP) is 3.09. The molecular weight excluding hydrogens is 400 g/mol. The van der Waals surface area contributed by atoms with Crippen LogP contribution in [-0.2, 0) is 9.59 Å². The number of amides is 4. The van der Waals surface area contributed by atoms with E-state index in [1.807, 2.05) is 11.8 Å². The Morgan fingerprint density at radius 1 is 0.900 bits per heavy atom. The quantitative estimate of drug-likeness (QED) is 0.219. The average molecular weight is 441 g/mol. The number of urea groups is 1. The van der Waals surface area contributed by atoms with Crippen LogP contribution in [0.4, 0.5) is 4.79 Å². The molecule has 2 fully saturated rings. The monoisotopic (exact) mass is 440 g/mol. The summed E-state index contributed by atoms with van der Waals surface area (Å²) in [7, 11) is 0. The van der Waals surface area contributed by atoms with Gasteiger partial charge in [0.25, 0.3) is 0 Å². The molecule has 0 radical (unpaired) electrons. The molecule has 0 aromatic heterocycles. The summed E-state index contributed by atoms with van der Waals surface area (Å²) in [4.78, 5) is 35.1. The maximum Gasteiger partial charge on any atom is 0.315 e. The van der Waals surface area contributed by atoms with Gasteiger partial charge in [0.2, 0.25) is 11.8 Å². The molecule has 2 aliphatic rings. The SMILES string of the molecule is CCCCCCNC(=O)CCCCCNC(=O)CCCCC1SC[C@@H]2NC(=O)N[C@H]12. The fourth-order valence-corrected chi connectivity index (χ4v) is 5.59. The smallest absolute Gasteiger partial charge is 0.315 e. The summed E-state index contributed by atoms with van der Waals surface area (Å²) >= 11 is 1.92. The van der Waals surface area contributed by atoms with Crippen molar-refractivity contribution in [3.05, 3.63) is 0 Å². The second kappa shape index (κ2) is 14.5. The minimum Gasteiger partial charge on any atom is -0.356 e. The molecule has 0 saturated carbocycles. The highest BCUT2D eigenvalue weighted by Crippen LogP contribution is 2.33. The molecule has 172 valence electrons. The van der Waals surface area contributed by atoms with Gasteiger partial charge in [-0.2, -0.15) is 11.8 Å². The normalized spacial score (nSPS) is 22.3. The predicted molar refractivity (Wildman–Crippen MR) is 123 cm³/mol. The van der Waals surface area contributed by atoms with Crippen molar-refractivity contribution in [3.8, 4) is 0 Å². The van der Waals surface area contributed by atoms with Crippen LogP contribution in [0.15, 0.2) is 0 Å². The molecule has 2 heterocycles. The molecule has 4 N–H and O–H groups in total. The molecule has 0 aromatic carbocycles. The van der Waals surface area contributed by atoms with Crippen molar-refractivity contribution in [2.75, 3.05) is 18.8 Å². The summed E-state index contributed by atoms with van der Waals surface area (Å²) in [5, 5.41) is 12.4. The number of carbonyl (C=O) groups excluding carboxylic acids is 3. The fourth-order valence-electron chi connectivity index (χ4n) is 4.05. The molecule has 2 aliphatic heterocycles. The van der Waals surface area contributed by atoms with Crippen LogP contribution in [0.5, 0.6) is 0 Å². The Morgan fingerprint density at radius 2 is 1.53 bits per heavy atom. The van der Waals surface area contributed by atoms with Crippen LogP contribution in [0.3, 0.4) is 0 Å². The van der Waals surface area contributed by atoms with E-state index in [0.29, 0.717) is 24.6 Å². The zero-order chi connectivity index (χ0) is 21.6. The first-order valence-electron chi connectivity index (χ1n) is 11.8. The van der Waals surface area contributed by atoms with Crippen molar-refractivity contribution in [1.29, 1.82) is 0 Å². The molecule has 0 bridgehead atoms. The van der Waals surface area contributed by atoms with Crippen molar-refractivity contribution in [2.24, 2.45) is 0 Å². The molecule has 7 nitrogen and oxygen atoms in total. The number of hydrogen-bond donors (Lipinski definition) is 4. The lowest BCUT2D eigenvalue weighted by Crippen LogP contribution is -2.36. The Hall–Kier alpha value is -1.44. The lowest BCUT2D eigenvalue weighted by atomic mass is 10.0. The van der Waals surface area contributed by atoms with E-state index in [9.17, 15) is 14.4 Å². The molecule has 4 amide bonds. The summed E-state index contributed by atoms with van der Waals surface area (Å²) in [5.74, 6) is 1.25. The van der Waals surface area contributed by atoms with E-state index in [1.165, 1.54) is 19.3 Å². The van der Waals surface area contributed by atoms with Crippen LogP contribution in [-0.4, -0.2) is 54.0 Å². The largest absolute Gasteiger partial charge is 0.356 e. The lowest BCUT2D eigenvalue weighted by Gasteiger charge is -2.16. The standard InChI is InChI=1S/C22H40N4O3S/c1-2-3-4-9-14-23-19(27)12-6-5-10-15-24-20(28)13-8-7-11-18-21-17(16-30-18)25-22(29)26-21/h17-18,21H,2-16H2,1H3,(H,23,27)(H,24,28)(H2,25,26,29)/t17-,18?,21-/m0/s1. The second-order valence-corrected chi connectivity index (χ2v) is 9.71. The number of carbonyl (C=O) groups is 3. The van der Waals surface area contributed by atoms with Crippen molar-refractivity contribution >= 4 is 29.6 Å². The van der Waals surface area contributed by atoms with E-state index in [2.05, 4.69) is 28.2 Å². The van der Waals surface area contributed by atoms with E-state index < -0.39 is 0 Å². The van der Waals surface area contributed by atoms with Crippen molar-refractivity contribution < 1.29 is 14.4 Å². The first-order valence-corrected chi connectivity index (χ1v) is 12.9. The molecule has 3 atom stereocenters. The minimum atomic E-state index is -0.0438. The Balaban J connectivity index is 1.36. The molecule has 2 rings (SSSR count). The Morgan fingerprint density at radius 3 is 2.20 bits per heavy atom. The van der Waals surface area contributed by atoms with Gasteiger partial charge in [-0.15, -0.1) is 0 Å². The second-order valence-electron chi connectivity index (χ2n) is 8.44. The number of nitrogens with one attached hydrogen (secondary N) is 4. The number of rotatable bonds is 16. The third kappa shape index (κ3) is 9.58. The number of fused-ring (bicyclic) bond motifs is 1. The average Bonchev–Trinajstić information content (AvgIpc) is 3.27. The summed E-state index contributed by atoms with van der Waals surface area (Å²) in [6, 6.07) is 0.477. The highest BCUT2D eigenvalue weighted by Gasteiger charge is 2.42. The molecular formula is C22H40N4O3S. The van der Waals surface area contributed by atoms with Gasteiger partial charge in [0.1, 0.15) is 0 Å². The summed E-state index contributed by atoms with van der Waals surface area (Å²) in [6.45, 7) is 3.67. The summed E-state index contributed by atoms with van der Waals surface area (Å²) < 4.78 is 0. The van der Waals surface area contributed by atoms with Gasteiger partial charge >= 0.3 is 6.03 Å². The highest BCUT2D eigenvalue weighted by molar-refractivity contribution is 8.00. The molecule has 0 aliphatic carbocycles. The molecule has 0 spiro atoms. The summed E-state index contributed by atoms with van der Waals surface area (Å²) in [6.07, 6.45) is 11.6. The van der Waals surface area contributed by atoms with Crippen LogP contribution < -0.4 is 21.3 Å². The van der Waals surface area contributed by atoms with E-state index in [4.69, 9.17) is 0 Å². The zero-order valence-electron chi connectivity index (χ0n) is 18.5. The number of hydrogen-bond acceptors (Lipinski definition) is 4. The number of unbranched alkanes of at least 4 members (excludes halogenated alkanes) is 6. The third-order valence-corrected chi connectivity index (χ3v) is 7.34. The van der Waals surface area contributed by atoms with E-state index in [1.54, 1.807) is 0 Å². The maximum absolute atomic E-state index is 12.0. The lowest BCUT2D eigenvalue weighted by molar-refractivity contribution is -0.122. The van der Waals surface area contributed by atoms with Crippen molar-refractivity contribution in [2.45, 2.75) is 101 Å². The van der Waals surface area contributed by atoms with Gasteiger partial charge in [-0.1, -0.05) is 39.0 Å².